The zero-order valence-electron chi connectivity index (χ0n) is 19.1. The number of aromatic nitrogens is 5. The fourth-order valence-electron chi connectivity index (χ4n) is 3.58. The average molecular weight is 464 g/mol. The smallest absolute Gasteiger partial charge is 0.324 e. The molecule has 4 aromatic heterocycles. The number of aryl methyl sites for hydroxylation is 1. The Balaban J connectivity index is 1.38. The summed E-state index contributed by atoms with van der Waals surface area (Å²) in [4.78, 5) is 16.5. The molecule has 0 saturated heterocycles. The van der Waals surface area contributed by atoms with Gasteiger partial charge in [0.2, 0.25) is 0 Å². The van der Waals surface area contributed by atoms with E-state index in [4.69, 9.17) is 4.74 Å². The standard InChI is InChI=1S/C26H21N7O2/c1-32-16-21(15-28-32)20-13-23(35-2)25-19(14-29-33(25)17-20)9-8-18-10-11-27-24(12-18)31-26(34)30-22-6-4-3-5-7-22/h3-7,10-17H,1-2H3,(H2,27,30,31,34). The van der Waals surface area contributed by atoms with Crippen LogP contribution >= 0.6 is 0 Å². The number of amides is 2. The lowest BCUT2D eigenvalue weighted by Crippen LogP contribution is -2.20. The Morgan fingerprint density at radius 3 is 2.60 bits per heavy atom. The van der Waals surface area contributed by atoms with Crippen molar-refractivity contribution in [3.05, 3.63) is 90.6 Å². The third kappa shape index (κ3) is 4.82. The summed E-state index contributed by atoms with van der Waals surface area (Å²) in [7, 11) is 3.49. The molecule has 0 radical (unpaired) electrons. The number of anilines is 2. The van der Waals surface area contributed by atoms with Crippen molar-refractivity contribution in [1.82, 2.24) is 24.4 Å². The van der Waals surface area contributed by atoms with Crippen LogP contribution < -0.4 is 15.4 Å². The van der Waals surface area contributed by atoms with Crippen LogP contribution in [0.1, 0.15) is 11.1 Å². The number of hydrogen-bond donors (Lipinski definition) is 2. The van der Waals surface area contributed by atoms with Gasteiger partial charge in [-0.3, -0.25) is 10.00 Å². The zero-order valence-corrected chi connectivity index (χ0v) is 19.1. The first kappa shape index (κ1) is 21.7. The van der Waals surface area contributed by atoms with Gasteiger partial charge in [0, 0.05) is 48.0 Å². The Hall–Kier alpha value is -5.10. The second kappa shape index (κ2) is 9.41. The second-order valence-electron chi connectivity index (χ2n) is 7.68. The van der Waals surface area contributed by atoms with E-state index < -0.39 is 0 Å². The maximum atomic E-state index is 12.3. The molecule has 0 aliphatic carbocycles. The molecular weight excluding hydrogens is 442 g/mol. The van der Waals surface area contributed by atoms with E-state index in [1.54, 1.807) is 59.2 Å². The molecule has 0 bridgehead atoms. The quantitative estimate of drug-likeness (QED) is 0.390. The zero-order chi connectivity index (χ0) is 24.2. The number of nitrogens with one attached hydrogen (secondary N) is 2. The number of urea groups is 1. The summed E-state index contributed by atoms with van der Waals surface area (Å²) in [5, 5.41) is 14.2. The monoisotopic (exact) mass is 463 g/mol. The molecule has 0 saturated carbocycles. The Morgan fingerprint density at radius 1 is 0.971 bits per heavy atom. The molecule has 35 heavy (non-hydrogen) atoms. The SMILES string of the molecule is COc1cc(-c2cnn(C)c2)cn2ncc(C#Cc3ccnc(NC(=O)Nc4ccccc4)c3)c12. The van der Waals surface area contributed by atoms with E-state index in [0.29, 0.717) is 28.4 Å². The van der Waals surface area contributed by atoms with Crippen LogP contribution in [-0.2, 0) is 7.05 Å². The first-order valence-electron chi connectivity index (χ1n) is 10.7. The molecule has 172 valence electrons. The van der Waals surface area contributed by atoms with E-state index in [9.17, 15) is 4.79 Å². The van der Waals surface area contributed by atoms with Crippen molar-refractivity contribution >= 4 is 23.1 Å². The predicted molar refractivity (Wildman–Crippen MR) is 133 cm³/mol. The minimum atomic E-state index is -0.384. The highest BCUT2D eigenvalue weighted by molar-refractivity contribution is 5.99. The van der Waals surface area contributed by atoms with Gasteiger partial charge >= 0.3 is 6.03 Å². The largest absolute Gasteiger partial charge is 0.494 e. The van der Waals surface area contributed by atoms with Gasteiger partial charge in [0.25, 0.3) is 0 Å². The predicted octanol–water partition coefficient (Wildman–Crippen LogP) is 4.18. The maximum absolute atomic E-state index is 12.3. The normalized spacial score (nSPS) is 10.5. The minimum absolute atomic E-state index is 0.384. The van der Waals surface area contributed by atoms with E-state index in [2.05, 4.69) is 37.7 Å². The molecule has 9 nitrogen and oxygen atoms in total. The van der Waals surface area contributed by atoms with Crippen LogP contribution in [0.4, 0.5) is 16.3 Å². The number of para-hydroxylation sites is 1. The first-order chi connectivity index (χ1) is 17.1. The van der Waals surface area contributed by atoms with Gasteiger partial charge in [0.1, 0.15) is 17.1 Å². The number of pyridine rings is 2. The van der Waals surface area contributed by atoms with Gasteiger partial charge < -0.3 is 10.1 Å². The molecular formula is C26H21N7O2. The molecule has 2 amide bonds. The molecule has 0 unspecified atom stereocenters. The van der Waals surface area contributed by atoms with Gasteiger partial charge in [0.05, 0.1) is 25.1 Å². The highest BCUT2D eigenvalue weighted by Crippen LogP contribution is 2.29. The maximum Gasteiger partial charge on any atom is 0.324 e. The summed E-state index contributed by atoms with van der Waals surface area (Å²) in [6, 6.07) is 14.2. The highest BCUT2D eigenvalue weighted by Gasteiger charge is 2.12. The van der Waals surface area contributed by atoms with E-state index in [1.807, 2.05) is 43.7 Å². The number of rotatable bonds is 4. The molecule has 4 heterocycles. The topological polar surface area (TPSA) is 98.4 Å². The Kier molecular flexibility index (Phi) is 5.84. The van der Waals surface area contributed by atoms with E-state index in [0.717, 1.165) is 16.6 Å². The molecule has 0 aliphatic heterocycles. The number of fused-ring (bicyclic) bond motifs is 1. The number of nitrogens with zero attached hydrogens (tertiary/aromatic N) is 5. The summed E-state index contributed by atoms with van der Waals surface area (Å²) in [6.45, 7) is 0. The first-order valence-corrected chi connectivity index (χ1v) is 10.7. The lowest BCUT2D eigenvalue weighted by Gasteiger charge is -2.07. The minimum Gasteiger partial charge on any atom is -0.494 e. The van der Waals surface area contributed by atoms with Crippen molar-refractivity contribution in [2.75, 3.05) is 17.7 Å². The third-order valence-corrected chi connectivity index (χ3v) is 5.21. The van der Waals surface area contributed by atoms with E-state index in [1.165, 1.54) is 0 Å². The molecule has 0 fully saturated rings. The molecule has 5 aromatic rings. The van der Waals surface area contributed by atoms with Crippen LogP contribution in [-0.4, -0.2) is 37.5 Å². The van der Waals surface area contributed by atoms with Crippen molar-refractivity contribution in [2.24, 2.45) is 7.05 Å². The van der Waals surface area contributed by atoms with Crippen molar-refractivity contribution < 1.29 is 9.53 Å². The highest BCUT2D eigenvalue weighted by atomic mass is 16.5. The van der Waals surface area contributed by atoms with Crippen LogP contribution in [0.2, 0.25) is 0 Å². The van der Waals surface area contributed by atoms with Crippen molar-refractivity contribution in [3.8, 4) is 28.7 Å². The molecule has 0 aliphatic rings. The van der Waals surface area contributed by atoms with Crippen molar-refractivity contribution in [3.63, 3.8) is 0 Å². The van der Waals surface area contributed by atoms with Gasteiger partial charge in [-0.05, 0) is 30.3 Å². The number of benzene rings is 1. The summed E-state index contributed by atoms with van der Waals surface area (Å²) in [6.07, 6.45) is 8.93. The number of hydrogen-bond acceptors (Lipinski definition) is 5. The van der Waals surface area contributed by atoms with Gasteiger partial charge in [-0.15, -0.1) is 0 Å². The number of carbonyl (C=O) groups excluding carboxylic acids is 1. The van der Waals surface area contributed by atoms with Crippen LogP contribution in [0.3, 0.4) is 0 Å². The molecule has 0 atom stereocenters. The summed E-state index contributed by atoms with van der Waals surface area (Å²) in [5.74, 6) is 7.32. The number of ether oxygens (including phenoxy) is 1. The Morgan fingerprint density at radius 2 is 1.83 bits per heavy atom. The summed E-state index contributed by atoms with van der Waals surface area (Å²) < 4.78 is 9.13. The lowest BCUT2D eigenvalue weighted by atomic mass is 10.1. The van der Waals surface area contributed by atoms with Crippen molar-refractivity contribution in [2.45, 2.75) is 0 Å². The number of methoxy groups -OCH3 is 1. The van der Waals surface area contributed by atoms with Crippen LogP contribution in [0, 0.1) is 11.8 Å². The fourth-order valence-corrected chi connectivity index (χ4v) is 3.58. The molecule has 2 N–H and O–H groups in total. The lowest BCUT2D eigenvalue weighted by molar-refractivity contribution is 0.262. The van der Waals surface area contributed by atoms with E-state index in [-0.39, 0.29) is 6.03 Å². The Labute approximate surface area is 201 Å². The molecule has 0 spiro atoms. The second-order valence-corrected chi connectivity index (χ2v) is 7.68. The van der Waals surface area contributed by atoms with Crippen LogP contribution in [0.5, 0.6) is 5.75 Å². The molecule has 1 aromatic carbocycles. The van der Waals surface area contributed by atoms with Gasteiger partial charge in [-0.1, -0.05) is 30.0 Å². The van der Waals surface area contributed by atoms with Crippen molar-refractivity contribution in [1.29, 1.82) is 0 Å². The number of carbonyl (C=O) groups is 1. The van der Waals surface area contributed by atoms with Gasteiger partial charge in [-0.25, -0.2) is 14.3 Å². The van der Waals surface area contributed by atoms with Gasteiger partial charge in [-0.2, -0.15) is 10.2 Å². The van der Waals surface area contributed by atoms with Crippen LogP contribution in [0.15, 0.2) is 79.5 Å². The summed E-state index contributed by atoms with van der Waals surface area (Å²) >= 11 is 0. The fraction of sp³-hybridized carbons (Fsp3) is 0.0769. The molecule has 9 heteroatoms. The van der Waals surface area contributed by atoms with Crippen LogP contribution in [0.25, 0.3) is 16.6 Å². The Bertz CT molecular complexity index is 1580. The van der Waals surface area contributed by atoms with Gasteiger partial charge in [0.15, 0.2) is 0 Å². The van der Waals surface area contributed by atoms with E-state index >= 15 is 0 Å². The third-order valence-electron chi connectivity index (χ3n) is 5.21. The average Bonchev–Trinajstić information content (AvgIpc) is 3.49. The summed E-state index contributed by atoms with van der Waals surface area (Å²) in [5.41, 5.74) is 4.76. The molecule has 5 rings (SSSR count).